The Hall–Kier alpha value is -2.85. The number of likely N-dealkylation sites (tertiary alicyclic amines) is 1. The lowest BCUT2D eigenvalue weighted by atomic mass is 10.1. The predicted molar refractivity (Wildman–Crippen MR) is 135 cm³/mol. The summed E-state index contributed by atoms with van der Waals surface area (Å²) in [6.45, 7) is 5.16. The van der Waals surface area contributed by atoms with Crippen molar-refractivity contribution in [2.75, 3.05) is 24.9 Å². The summed E-state index contributed by atoms with van der Waals surface area (Å²) in [5.74, 6) is 0.117. The van der Waals surface area contributed by atoms with Crippen LogP contribution in [-0.4, -0.2) is 44.0 Å². The van der Waals surface area contributed by atoms with Crippen molar-refractivity contribution < 1.29 is 17.9 Å². The number of nitrogens with zero attached hydrogens (tertiary/aromatic N) is 2. The van der Waals surface area contributed by atoms with Gasteiger partial charge in [0.1, 0.15) is 5.75 Å². The third kappa shape index (κ3) is 4.83. The van der Waals surface area contributed by atoms with Crippen molar-refractivity contribution in [2.45, 2.75) is 50.5 Å². The van der Waals surface area contributed by atoms with Crippen LogP contribution in [0.2, 0.25) is 0 Å². The summed E-state index contributed by atoms with van der Waals surface area (Å²) in [5, 5.41) is 0. The van der Waals surface area contributed by atoms with E-state index in [1.807, 2.05) is 13.8 Å². The first kappa shape index (κ1) is 24.3. The molecule has 1 N–H and O–H groups in total. The fraction of sp³-hybridized carbons (Fsp3) is 0.417. The Labute approximate surface area is 203 Å². The molecule has 1 aromatic heterocycles. The first-order valence-corrected chi connectivity index (χ1v) is 13.7. The third-order valence-corrected chi connectivity index (χ3v) is 8.28. The molecular weight excluding hydrogens is 474 g/mol. The molecule has 0 atom stereocenters. The van der Waals surface area contributed by atoms with Gasteiger partial charge in [-0.2, -0.15) is 0 Å². The second-order valence-electron chi connectivity index (χ2n) is 8.69. The fourth-order valence-electron chi connectivity index (χ4n) is 4.27. The number of nitrogens with one attached hydrogen (secondary N) is 1. The van der Waals surface area contributed by atoms with Gasteiger partial charge in [0, 0.05) is 19.1 Å². The molecule has 0 bridgehead atoms. The maximum absolute atomic E-state index is 13.2. The molecule has 1 aliphatic rings. The minimum Gasteiger partial charge on any atom is -0.496 e. The number of sulfonamides is 1. The number of rotatable bonds is 6. The molecule has 0 aliphatic carbocycles. The van der Waals surface area contributed by atoms with E-state index in [2.05, 4.69) is 4.72 Å². The predicted octanol–water partition coefficient (Wildman–Crippen LogP) is 4.47. The first-order chi connectivity index (χ1) is 16.2. The lowest BCUT2D eigenvalue weighted by Crippen LogP contribution is -2.32. The molecule has 10 heteroatoms. The zero-order chi connectivity index (χ0) is 24.5. The highest BCUT2D eigenvalue weighted by molar-refractivity contribution is 7.92. The summed E-state index contributed by atoms with van der Waals surface area (Å²) in [6, 6.07) is 9.35. The van der Waals surface area contributed by atoms with Crippen LogP contribution in [0.5, 0.6) is 5.75 Å². The van der Waals surface area contributed by atoms with Gasteiger partial charge in [0.25, 0.3) is 15.9 Å². The summed E-state index contributed by atoms with van der Waals surface area (Å²) in [6.07, 6.45) is 4.03. The Morgan fingerprint density at radius 2 is 1.76 bits per heavy atom. The quantitative estimate of drug-likeness (QED) is 0.535. The molecule has 1 aliphatic heterocycles. The van der Waals surface area contributed by atoms with Crippen molar-refractivity contribution in [1.29, 1.82) is 0 Å². The van der Waals surface area contributed by atoms with E-state index >= 15 is 0 Å². The van der Waals surface area contributed by atoms with Crippen LogP contribution in [0, 0.1) is 0 Å². The van der Waals surface area contributed by atoms with Crippen LogP contribution in [0.1, 0.15) is 55.9 Å². The molecule has 182 valence electrons. The van der Waals surface area contributed by atoms with E-state index in [1.165, 1.54) is 25.3 Å². The molecule has 0 radical (unpaired) electrons. The van der Waals surface area contributed by atoms with Gasteiger partial charge >= 0.3 is 4.87 Å². The molecule has 0 unspecified atom stereocenters. The summed E-state index contributed by atoms with van der Waals surface area (Å²) in [5.41, 5.74) is 1.35. The number of benzene rings is 2. The normalized spacial score (nSPS) is 14.9. The zero-order valence-corrected chi connectivity index (χ0v) is 21.2. The molecule has 1 amide bonds. The molecule has 0 spiro atoms. The lowest BCUT2D eigenvalue weighted by Gasteiger charge is -2.22. The van der Waals surface area contributed by atoms with Gasteiger partial charge in [-0.25, -0.2) is 8.42 Å². The Balaban J connectivity index is 1.65. The first-order valence-electron chi connectivity index (χ1n) is 11.4. The minimum atomic E-state index is -3.98. The standard InChI is InChI=1S/C24H29N3O5S2/c1-16(2)27-20-10-8-17(14-22(20)33-24(27)29)25-34(30,31)18-9-11-21(32-3)19(15-18)23(28)26-12-6-4-5-7-13-26/h8-11,14-16,25H,4-7,12-13H2,1-3H3. The second-order valence-corrected chi connectivity index (χ2v) is 11.4. The van der Waals surface area contributed by atoms with Crippen LogP contribution in [0.4, 0.5) is 5.69 Å². The molecule has 3 aromatic rings. The SMILES string of the molecule is COc1ccc(S(=O)(=O)Nc2ccc3c(c2)sc(=O)n3C(C)C)cc1C(=O)N1CCCCCC1. The van der Waals surface area contributed by atoms with E-state index in [9.17, 15) is 18.0 Å². The van der Waals surface area contributed by atoms with Crippen molar-refractivity contribution in [1.82, 2.24) is 9.47 Å². The molecule has 2 aromatic carbocycles. The van der Waals surface area contributed by atoms with E-state index in [0.717, 1.165) is 42.5 Å². The summed E-state index contributed by atoms with van der Waals surface area (Å²) in [7, 11) is -2.51. The number of thiazole rings is 1. The molecule has 34 heavy (non-hydrogen) atoms. The minimum absolute atomic E-state index is 0.00301. The van der Waals surface area contributed by atoms with Gasteiger partial charge in [0.15, 0.2) is 0 Å². The molecular formula is C24H29N3O5S2. The van der Waals surface area contributed by atoms with Gasteiger partial charge in [0.2, 0.25) is 0 Å². The van der Waals surface area contributed by atoms with Crippen molar-refractivity contribution in [3.05, 3.63) is 51.6 Å². The number of fused-ring (bicyclic) bond motifs is 1. The van der Waals surface area contributed by atoms with Gasteiger partial charge in [-0.15, -0.1) is 0 Å². The van der Waals surface area contributed by atoms with Gasteiger partial charge < -0.3 is 9.64 Å². The Kier molecular flexibility index (Phi) is 6.99. The number of anilines is 1. The maximum Gasteiger partial charge on any atom is 0.308 e. The van der Waals surface area contributed by atoms with E-state index in [-0.39, 0.29) is 27.3 Å². The van der Waals surface area contributed by atoms with Gasteiger partial charge in [-0.05, 0) is 63.1 Å². The Bertz CT molecular complexity index is 1370. The van der Waals surface area contributed by atoms with Crippen molar-refractivity contribution >= 4 is 43.2 Å². The summed E-state index contributed by atoms with van der Waals surface area (Å²) in [4.78, 5) is 27.2. The highest BCUT2D eigenvalue weighted by atomic mass is 32.2. The smallest absolute Gasteiger partial charge is 0.308 e. The summed E-state index contributed by atoms with van der Waals surface area (Å²) >= 11 is 1.08. The Morgan fingerprint density at radius 3 is 2.41 bits per heavy atom. The van der Waals surface area contributed by atoms with Crippen LogP contribution < -0.4 is 14.3 Å². The van der Waals surface area contributed by atoms with E-state index < -0.39 is 10.0 Å². The van der Waals surface area contributed by atoms with Crippen LogP contribution in [0.15, 0.2) is 46.1 Å². The van der Waals surface area contributed by atoms with E-state index in [1.54, 1.807) is 27.7 Å². The fourth-order valence-corrected chi connectivity index (χ4v) is 6.40. The maximum atomic E-state index is 13.2. The average Bonchev–Trinajstić information content (AvgIpc) is 2.95. The highest BCUT2D eigenvalue weighted by Gasteiger charge is 2.24. The average molecular weight is 504 g/mol. The van der Waals surface area contributed by atoms with Crippen molar-refractivity contribution in [3.8, 4) is 5.75 Å². The molecule has 8 nitrogen and oxygen atoms in total. The Morgan fingerprint density at radius 1 is 1.06 bits per heavy atom. The number of hydrogen-bond acceptors (Lipinski definition) is 6. The number of ether oxygens (including phenoxy) is 1. The van der Waals surface area contributed by atoms with E-state index in [0.29, 0.717) is 29.2 Å². The third-order valence-electron chi connectivity index (χ3n) is 5.99. The highest BCUT2D eigenvalue weighted by Crippen LogP contribution is 2.28. The number of aromatic nitrogens is 1. The second kappa shape index (κ2) is 9.79. The van der Waals surface area contributed by atoms with E-state index in [4.69, 9.17) is 4.74 Å². The van der Waals surface area contributed by atoms with Crippen LogP contribution in [0.3, 0.4) is 0 Å². The monoisotopic (exact) mass is 503 g/mol. The molecule has 2 heterocycles. The topological polar surface area (TPSA) is 97.7 Å². The van der Waals surface area contributed by atoms with Gasteiger partial charge in [-0.1, -0.05) is 24.2 Å². The number of hydrogen-bond donors (Lipinski definition) is 1. The van der Waals surface area contributed by atoms with Crippen LogP contribution in [-0.2, 0) is 10.0 Å². The molecule has 1 fully saturated rings. The van der Waals surface area contributed by atoms with Gasteiger partial charge in [-0.3, -0.25) is 18.9 Å². The van der Waals surface area contributed by atoms with Crippen molar-refractivity contribution in [2.24, 2.45) is 0 Å². The number of carbonyl (C=O) groups excluding carboxylic acids is 1. The van der Waals surface area contributed by atoms with Crippen LogP contribution in [0.25, 0.3) is 10.2 Å². The van der Waals surface area contributed by atoms with Gasteiger partial charge in [0.05, 0.1) is 33.5 Å². The zero-order valence-electron chi connectivity index (χ0n) is 19.5. The molecule has 0 saturated carbocycles. The van der Waals surface area contributed by atoms with Crippen molar-refractivity contribution in [3.63, 3.8) is 0 Å². The largest absolute Gasteiger partial charge is 0.496 e. The van der Waals surface area contributed by atoms with Crippen LogP contribution >= 0.6 is 11.3 Å². The number of methoxy groups -OCH3 is 1. The molecule has 4 rings (SSSR count). The number of amides is 1. The summed E-state index contributed by atoms with van der Waals surface area (Å²) < 4.78 is 36.7. The molecule has 1 saturated heterocycles. The number of carbonyl (C=O) groups is 1. The lowest BCUT2D eigenvalue weighted by molar-refractivity contribution is 0.0758.